The van der Waals surface area contributed by atoms with Crippen LogP contribution in [0.3, 0.4) is 0 Å². The molecule has 9 heteroatoms. The molecule has 0 unspecified atom stereocenters. The summed E-state index contributed by atoms with van der Waals surface area (Å²) in [6.45, 7) is 4.85. The Morgan fingerprint density at radius 2 is 2.00 bits per heavy atom. The zero-order valence-electron chi connectivity index (χ0n) is 14.9. The molecule has 0 aliphatic heterocycles. The third-order valence-corrected chi connectivity index (χ3v) is 4.97. The van der Waals surface area contributed by atoms with E-state index in [0.717, 1.165) is 4.88 Å². The molecule has 7 nitrogen and oxygen atoms in total. The van der Waals surface area contributed by atoms with Gasteiger partial charge in [0.2, 0.25) is 5.91 Å². The summed E-state index contributed by atoms with van der Waals surface area (Å²) in [6, 6.07) is 9.12. The number of thiophene rings is 1. The lowest BCUT2D eigenvalue weighted by Crippen LogP contribution is -2.14. The van der Waals surface area contributed by atoms with Gasteiger partial charge in [-0.2, -0.15) is 0 Å². The predicted molar refractivity (Wildman–Crippen MR) is 106 cm³/mol. The smallest absolute Gasteiger partial charge is 0.277 e. The van der Waals surface area contributed by atoms with E-state index in [1.807, 2.05) is 31.4 Å². The summed E-state index contributed by atoms with van der Waals surface area (Å²) in [5.74, 6) is 1.69. The number of nitrogens with one attached hydrogen (secondary N) is 1. The molecule has 27 heavy (non-hydrogen) atoms. The van der Waals surface area contributed by atoms with E-state index in [1.165, 1.54) is 23.1 Å². The Balaban J connectivity index is 1.57. The van der Waals surface area contributed by atoms with Gasteiger partial charge in [0.05, 0.1) is 23.8 Å². The minimum absolute atomic E-state index is 0.156. The molecule has 3 aromatic rings. The summed E-state index contributed by atoms with van der Waals surface area (Å²) in [5.41, 5.74) is 0.636. The highest BCUT2D eigenvalue weighted by Crippen LogP contribution is 2.31. The second-order valence-electron chi connectivity index (χ2n) is 5.21. The molecule has 2 aromatic heterocycles. The summed E-state index contributed by atoms with van der Waals surface area (Å²) < 4.78 is 16.6. The molecule has 142 valence electrons. The van der Waals surface area contributed by atoms with Gasteiger partial charge in [-0.1, -0.05) is 17.8 Å². The van der Waals surface area contributed by atoms with Gasteiger partial charge < -0.3 is 19.2 Å². The van der Waals surface area contributed by atoms with Gasteiger partial charge in [0, 0.05) is 11.8 Å². The Labute approximate surface area is 165 Å². The molecule has 0 atom stereocenters. The Morgan fingerprint density at radius 3 is 2.74 bits per heavy atom. The predicted octanol–water partition coefficient (Wildman–Crippen LogP) is 4.33. The first kappa shape index (κ1) is 19.2. The second-order valence-corrected chi connectivity index (χ2v) is 7.09. The number of amides is 1. The van der Waals surface area contributed by atoms with Crippen molar-refractivity contribution < 1.29 is 18.7 Å². The van der Waals surface area contributed by atoms with Gasteiger partial charge in [-0.05, 0) is 37.4 Å². The van der Waals surface area contributed by atoms with E-state index < -0.39 is 0 Å². The number of rotatable bonds is 9. The fourth-order valence-corrected chi connectivity index (χ4v) is 3.43. The van der Waals surface area contributed by atoms with Gasteiger partial charge in [-0.15, -0.1) is 21.5 Å². The molecule has 0 fully saturated rings. The topological polar surface area (TPSA) is 86.5 Å². The number of thioether (sulfide) groups is 1. The Morgan fingerprint density at radius 1 is 1.19 bits per heavy atom. The quantitative estimate of drug-likeness (QED) is 0.530. The van der Waals surface area contributed by atoms with Crippen LogP contribution in [0.4, 0.5) is 5.69 Å². The third-order valence-electron chi connectivity index (χ3n) is 3.29. The molecule has 0 radical (unpaired) electrons. The lowest BCUT2D eigenvalue weighted by molar-refractivity contribution is -0.113. The van der Waals surface area contributed by atoms with Crippen LogP contribution >= 0.6 is 23.1 Å². The summed E-state index contributed by atoms with van der Waals surface area (Å²) in [5, 5.41) is 13.1. The fraction of sp³-hybridized carbons (Fsp3) is 0.278. The van der Waals surface area contributed by atoms with E-state index in [2.05, 4.69) is 15.5 Å². The summed E-state index contributed by atoms with van der Waals surface area (Å²) in [4.78, 5) is 13.1. The van der Waals surface area contributed by atoms with Gasteiger partial charge in [0.25, 0.3) is 11.1 Å². The van der Waals surface area contributed by atoms with Crippen LogP contribution in [0.5, 0.6) is 11.5 Å². The molecular formula is C18H19N3O4S2. The van der Waals surface area contributed by atoms with Crippen LogP contribution in [0.1, 0.15) is 13.8 Å². The van der Waals surface area contributed by atoms with Crippen LogP contribution in [0.25, 0.3) is 10.8 Å². The van der Waals surface area contributed by atoms with E-state index in [4.69, 9.17) is 13.9 Å². The minimum atomic E-state index is -0.178. The molecule has 0 aliphatic carbocycles. The zero-order valence-corrected chi connectivity index (χ0v) is 16.6. The van der Waals surface area contributed by atoms with Crippen LogP contribution in [0, 0.1) is 0 Å². The number of benzene rings is 1. The van der Waals surface area contributed by atoms with Crippen LogP contribution in [-0.4, -0.2) is 35.1 Å². The minimum Gasteiger partial charge on any atom is -0.490 e. The van der Waals surface area contributed by atoms with Crippen LogP contribution in [0.2, 0.25) is 0 Å². The first-order chi connectivity index (χ1) is 13.2. The molecule has 0 bridgehead atoms. The number of hydrogen-bond acceptors (Lipinski definition) is 8. The average Bonchev–Trinajstić information content (AvgIpc) is 3.34. The van der Waals surface area contributed by atoms with Crippen molar-refractivity contribution in [2.75, 3.05) is 24.3 Å². The lowest BCUT2D eigenvalue weighted by Gasteiger charge is -2.12. The van der Waals surface area contributed by atoms with Crippen molar-refractivity contribution in [3.63, 3.8) is 0 Å². The molecule has 3 rings (SSSR count). The van der Waals surface area contributed by atoms with Crippen LogP contribution in [-0.2, 0) is 4.79 Å². The molecule has 2 heterocycles. The van der Waals surface area contributed by atoms with Gasteiger partial charge in [-0.3, -0.25) is 4.79 Å². The monoisotopic (exact) mass is 405 g/mol. The second kappa shape index (κ2) is 9.43. The maximum absolute atomic E-state index is 12.2. The fourth-order valence-electron chi connectivity index (χ4n) is 2.22. The maximum Gasteiger partial charge on any atom is 0.277 e. The normalized spacial score (nSPS) is 10.6. The lowest BCUT2D eigenvalue weighted by atomic mass is 10.2. The largest absolute Gasteiger partial charge is 0.490 e. The van der Waals surface area contributed by atoms with Crippen molar-refractivity contribution in [1.29, 1.82) is 0 Å². The van der Waals surface area contributed by atoms with E-state index >= 15 is 0 Å². The van der Waals surface area contributed by atoms with E-state index in [-0.39, 0.29) is 11.7 Å². The molecular weight excluding hydrogens is 386 g/mol. The van der Waals surface area contributed by atoms with Gasteiger partial charge in [-0.25, -0.2) is 0 Å². The number of aromatic nitrogens is 2. The number of hydrogen-bond donors (Lipinski definition) is 1. The molecule has 1 amide bonds. The van der Waals surface area contributed by atoms with Gasteiger partial charge in [0.1, 0.15) is 0 Å². The van der Waals surface area contributed by atoms with E-state index in [1.54, 1.807) is 18.2 Å². The SMILES string of the molecule is CCOc1ccc(NC(=O)CSc2nnc(-c3cccs3)o2)cc1OCC. The van der Waals surface area contributed by atoms with Gasteiger partial charge >= 0.3 is 0 Å². The number of nitrogens with zero attached hydrogens (tertiary/aromatic N) is 2. The van der Waals surface area contributed by atoms with Gasteiger partial charge in [0.15, 0.2) is 11.5 Å². The highest BCUT2D eigenvalue weighted by molar-refractivity contribution is 7.99. The summed E-state index contributed by atoms with van der Waals surface area (Å²) >= 11 is 2.71. The molecule has 0 aliphatic rings. The standard InChI is InChI=1S/C18H19N3O4S2/c1-3-23-13-8-7-12(10-14(13)24-4-2)19-16(22)11-27-18-21-20-17(25-18)15-6-5-9-26-15/h5-10H,3-4,11H2,1-2H3,(H,19,22). The Bertz CT molecular complexity index is 881. The van der Waals surface area contributed by atoms with Crippen molar-refractivity contribution in [3.05, 3.63) is 35.7 Å². The molecule has 1 aromatic carbocycles. The van der Waals surface area contributed by atoms with Crippen molar-refractivity contribution in [1.82, 2.24) is 10.2 Å². The average molecular weight is 406 g/mol. The third kappa shape index (κ3) is 5.24. The molecule has 0 saturated carbocycles. The first-order valence-corrected chi connectivity index (χ1v) is 10.3. The number of carbonyl (C=O) groups is 1. The van der Waals surface area contributed by atoms with Crippen LogP contribution in [0.15, 0.2) is 45.4 Å². The zero-order chi connectivity index (χ0) is 19.1. The maximum atomic E-state index is 12.2. The number of anilines is 1. The van der Waals surface area contributed by atoms with E-state index in [9.17, 15) is 4.79 Å². The number of ether oxygens (including phenoxy) is 2. The highest BCUT2D eigenvalue weighted by atomic mass is 32.2. The molecule has 0 spiro atoms. The molecule has 0 saturated heterocycles. The van der Waals surface area contributed by atoms with Crippen LogP contribution < -0.4 is 14.8 Å². The summed E-state index contributed by atoms with van der Waals surface area (Å²) in [6.07, 6.45) is 0. The first-order valence-electron chi connectivity index (χ1n) is 8.39. The van der Waals surface area contributed by atoms with Crippen molar-refractivity contribution >= 4 is 34.7 Å². The Kier molecular flexibility index (Phi) is 6.72. The summed E-state index contributed by atoms with van der Waals surface area (Å²) in [7, 11) is 0. The van der Waals surface area contributed by atoms with Crippen molar-refractivity contribution in [2.45, 2.75) is 19.1 Å². The van der Waals surface area contributed by atoms with Crippen molar-refractivity contribution in [2.24, 2.45) is 0 Å². The Hall–Kier alpha value is -2.52. The highest BCUT2D eigenvalue weighted by Gasteiger charge is 2.13. The number of carbonyl (C=O) groups excluding carboxylic acids is 1. The molecule has 1 N–H and O–H groups in total. The van der Waals surface area contributed by atoms with E-state index in [0.29, 0.717) is 41.5 Å². The van der Waals surface area contributed by atoms with Crippen molar-refractivity contribution in [3.8, 4) is 22.3 Å².